The zero-order valence-electron chi connectivity index (χ0n) is 11.7. The van der Waals surface area contributed by atoms with Gasteiger partial charge in [0.25, 0.3) is 5.91 Å². The van der Waals surface area contributed by atoms with Crippen LogP contribution in [0.3, 0.4) is 0 Å². The van der Waals surface area contributed by atoms with Crippen LogP contribution in [0.4, 0.5) is 5.69 Å². The molecule has 0 aliphatic rings. The first-order chi connectivity index (χ1) is 10.7. The van der Waals surface area contributed by atoms with E-state index in [4.69, 9.17) is 0 Å². The number of phenolic OH excluding ortho intramolecular Hbond substituents is 1. The minimum absolute atomic E-state index is 0.0297. The first-order valence-electron chi connectivity index (χ1n) is 6.84. The van der Waals surface area contributed by atoms with Crippen LogP contribution in [0.5, 0.6) is 5.75 Å². The summed E-state index contributed by atoms with van der Waals surface area (Å²) in [5.74, 6) is -0.259. The molecule has 0 atom stereocenters. The number of phenols is 1. The largest absolute Gasteiger partial charge is 0.506 e. The van der Waals surface area contributed by atoms with Gasteiger partial charge < -0.3 is 10.4 Å². The summed E-state index contributed by atoms with van der Waals surface area (Å²) in [5.41, 5.74) is 2.80. The third-order valence-corrected chi connectivity index (χ3v) is 3.29. The Hall–Kier alpha value is -3.14. The monoisotopic (exact) mass is 290 g/mol. The van der Waals surface area contributed by atoms with Gasteiger partial charge in [-0.05, 0) is 35.4 Å². The van der Waals surface area contributed by atoms with Crippen LogP contribution in [-0.4, -0.2) is 16.0 Å². The molecule has 2 aromatic carbocycles. The summed E-state index contributed by atoms with van der Waals surface area (Å²) in [4.78, 5) is 16.0. The molecule has 0 saturated carbocycles. The molecule has 0 aliphatic carbocycles. The average molecular weight is 290 g/mol. The second-order valence-corrected chi connectivity index (χ2v) is 4.79. The van der Waals surface area contributed by atoms with E-state index in [1.165, 1.54) is 0 Å². The lowest BCUT2D eigenvalue weighted by atomic mass is 10.0. The number of aromatic hydroxyl groups is 1. The molecule has 0 spiro atoms. The summed E-state index contributed by atoms with van der Waals surface area (Å²) < 4.78 is 0. The van der Waals surface area contributed by atoms with Crippen molar-refractivity contribution in [2.24, 2.45) is 0 Å². The summed E-state index contributed by atoms with van der Waals surface area (Å²) in [5, 5.41) is 12.7. The van der Waals surface area contributed by atoms with Gasteiger partial charge in [-0.15, -0.1) is 0 Å². The van der Waals surface area contributed by atoms with Crippen molar-refractivity contribution in [1.82, 2.24) is 4.98 Å². The molecule has 108 valence electrons. The van der Waals surface area contributed by atoms with Crippen molar-refractivity contribution in [3.05, 3.63) is 78.6 Å². The number of aromatic nitrogens is 1. The van der Waals surface area contributed by atoms with E-state index < -0.39 is 0 Å². The van der Waals surface area contributed by atoms with E-state index in [0.717, 1.165) is 11.1 Å². The van der Waals surface area contributed by atoms with Crippen LogP contribution < -0.4 is 5.32 Å². The highest BCUT2D eigenvalue weighted by Crippen LogP contribution is 2.30. The standard InChI is InChI=1S/C18H14N2O2/c21-17-7-6-15(13-4-2-1-3-5-13)12-16(17)20-18(22)14-8-10-19-11-9-14/h1-12,21H,(H,20,22). The van der Waals surface area contributed by atoms with Crippen molar-refractivity contribution in [3.63, 3.8) is 0 Å². The Morgan fingerprint density at radius 3 is 2.36 bits per heavy atom. The van der Waals surface area contributed by atoms with Gasteiger partial charge in [0.05, 0.1) is 5.69 Å². The third kappa shape index (κ3) is 2.96. The van der Waals surface area contributed by atoms with E-state index in [1.807, 2.05) is 36.4 Å². The first kappa shape index (κ1) is 13.8. The number of anilines is 1. The molecule has 0 unspecified atom stereocenters. The lowest BCUT2D eigenvalue weighted by Crippen LogP contribution is -2.12. The Balaban J connectivity index is 1.89. The van der Waals surface area contributed by atoms with Gasteiger partial charge >= 0.3 is 0 Å². The molecule has 0 radical (unpaired) electrons. The zero-order chi connectivity index (χ0) is 15.4. The maximum Gasteiger partial charge on any atom is 0.255 e. The van der Waals surface area contributed by atoms with Crippen LogP contribution in [0.15, 0.2) is 73.1 Å². The minimum atomic E-state index is -0.289. The molecular formula is C18H14N2O2. The van der Waals surface area contributed by atoms with Gasteiger partial charge in [-0.2, -0.15) is 0 Å². The third-order valence-electron chi connectivity index (χ3n) is 3.29. The lowest BCUT2D eigenvalue weighted by Gasteiger charge is -2.10. The number of amides is 1. The maximum atomic E-state index is 12.2. The molecule has 4 heteroatoms. The molecule has 3 rings (SSSR count). The number of carbonyl (C=O) groups is 1. The van der Waals surface area contributed by atoms with Gasteiger partial charge in [0.1, 0.15) is 5.75 Å². The topological polar surface area (TPSA) is 62.2 Å². The molecule has 0 saturated heterocycles. The predicted octanol–water partition coefficient (Wildman–Crippen LogP) is 3.71. The van der Waals surface area contributed by atoms with E-state index in [1.54, 1.807) is 36.7 Å². The Morgan fingerprint density at radius 2 is 1.64 bits per heavy atom. The Morgan fingerprint density at radius 1 is 0.909 bits per heavy atom. The Labute approximate surface area is 128 Å². The first-order valence-corrected chi connectivity index (χ1v) is 6.84. The molecule has 22 heavy (non-hydrogen) atoms. The van der Waals surface area contributed by atoms with Crippen LogP contribution in [0.2, 0.25) is 0 Å². The normalized spacial score (nSPS) is 10.2. The lowest BCUT2D eigenvalue weighted by molar-refractivity contribution is 0.102. The number of nitrogens with zero attached hydrogens (tertiary/aromatic N) is 1. The minimum Gasteiger partial charge on any atom is -0.506 e. The number of hydrogen-bond donors (Lipinski definition) is 2. The van der Waals surface area contributed by atoms with Crippen molar-refractivity contribution in [2.75, 3.05) is 5.32 Å². The molecule has 1 amide bonds. The summed E-state index contributed by atoms with van der Waals surface area (Å²) in [7, 11) is 0. The van der Waals surface area contributed by atoms with Crippen LogP contribution in [0.1, 0.15) is 10.4 Å². The van der Waals surface area contributed by atoms with Gasteiger partial charge in [-0.25, -0.2) is 0 Å². The van der Waals surface area contributed by atoms with Crippen molar-refractivity contribution in [1.29, 1.82) is 0 Å². The van der Waals surface area contributed by atoms with Gasteiger partial charge in [-0.1, -0.05) is 36.4 Å². The van der Waals surface area contributed by atoms with Crippen LogP contribution in [-0.2, 0) is 0 Å². The Bertz CT molecular complexity index is 787. The van der Waals surface area contributed by atoms with Crippen molar-refractivity contribution < 1.29 is 9.90 Å². The number of benzene rings is 2. The van der Waals surface area contributed by atoms with Gasteiger partial charge in [0, 0.05) is 18.0 Å². The van der Waals surface area contributed by atoms with E-state index in [2.05, 4.69) is 10.3 Å². The van der Waals surface area contributed by atoms with E-state index >= 15 is 0 Å². The van der Waals surface area contributed by atoms with Gasteiger partial charge in [-0.3, -0.25) is 9.78 Å². The smallest absolute Gasteiger partial charge is 0.255 e. The molecular weight excluding hydrogens is 276 g/mol. The fourth-order valence-corrected chi connectivity index (χ4v) is 2.14. The van der Waals surface area contributed by atoms with Crippen molar-refractivity contribution in [3.8, 4) is 16.9 Å². The molecule has 1 heterocycles. The number of rotatable bonds is 3. The fraction of sp³-hybridized carbons (Fsp3) is 0. The molecule has 0 aliphatic heterocycles. The number of pyridine rings is 1. The van der Waals surface area contributed by atoms with E-state index in [0.29, 0.717) is 11.3 Å². The highest BCUT2D eigenvalue weighted by atomic mass is 16.3. The quantitative estimate of drug-likeness (QED) is 0.723. The zero-order valence-corrected chi connectivity index (χ0v) is 11.7. The van der Waals surface area contributed by atoms with Crippen LogP contribution in [0, 0.1) is 0 Å². The van der Waals surface area contributed by atoms with E-state index in [-0.39, 0.29) is 11.7 Å². The maximum absolute atomic E-state index is 12.2. The molecule has 4 nitrogen and oxygen atoms in total. The summed E-state index contributed by atoms with van der Waals surface area (Å²) in [6.45, 7) is 0. The SMILES string of the molecule is O=C(Nc1cc(-c2ccccc2)ccc1O)c1ccncc1. The highest BCUT2D eigenvalue weighted by Gasteiger charge is 2.10. The van der Waals surface area contributed by atoms with Crippen molar-refractivity contribution in [2.45, 2.75) is 0 Å². The number of carbonyl (C=O) groups excluding carboxylic acids is 1. The molecule has 2 N–H and O–H groups in total. The van der Waals surface area contributed by atoms with E-state index in [9.17, 15) is 9.90 Å². The van der Waals surface area contributed by atoms with Gasteiger partial charge in [0.2, 0.25) is 0 Å². The second kappa shape index (κ2) is 6.10. The fourth-order valence-electron chi connectivity index (χ4n) is 2.14. The molecule has 0 fully saturated rings. The summed E-state index contributed by atoms with van der Waals surface area (Å²) >= 11 is 0. The van der Waals surface area contributed by atoms with Crippen LogP contribution >= 0.6 is 0 Å². The summed E-state index contributed by atoms with van der Waals surface area (Å²) in [6.07, 6.45) is 3.10. The average Bonchev–Trinajstić information content (AvgIpc) is 2.58. The molecule has 3 aromatic rings. The van der Waals surface area contributed by atoms with Crippen LogP contribution in [0.25, 0.3) is 11.1 Å². The molecule has 0 bridgehead atoms. The highest BCUT2D eigenvalue weighted by molar-refractivity contribution is 6.05. The Kier molecular flexibility index (Phi) is 3.83. The second-order valence-electron chi connectivity index (χ2n) is 4.79. The summed E-state index contributed by atoms with van der Waals surface area (Å²) in [6, 6.07) is 18.1. The predicted molar refractivity (Wildman–Crippen MR) is 85.7 cm³/mol. The molecule has 1 aromatic heterocycles. The van der Waals surface area contributed by atoms with Gasteiger partial charge in [0.15, 0.2) is 0 Å². The number of nitrogens with one attached hydrogen (secondary N) is 1. The van der Waals surface area contributed by atoms with Crippen molar-refractivity contribution >= 4 is 11.6 Å². The number of hydrogen-bond acceptors (Lipinski definition) is 3.